The molecule has 104 valence electrons. The molecule has 0 saturated heterocycles. The van der Waals surface area contributed by atoms with Crippen molar-refractivity contribution in [1.82, 2.24) is 0 Å². The third-order valence-corrected chi connectivity index (χ3v) is 3.01. The van der Waals surface area contributed by atoms with Crippen molar-refractivity contribution in [2.24, 2.45) is 0 Å². The number of benzene rings is 1. The number of hydrogen-bond donors (Lipinski definition) is 1. The standard InChI is InChI=1S/C14H13ClN2O3/c1-18-13-5-11(15)12(6-14(13)19-2)17-8-10-4-3-9(7-16)20-10/h3-6,17H,8H2,1-2H3. The molecule has 1 aromatic heterocycles. The Labute approximate surface area is 121 Å². The molecule has 6 heteroatoms. The van der Waals surface area contributed by atoms with E-state index in [9.17, 15) is 0 Å². The zero-order valence-corrected chi connectivity index (χ0v) is 11.8. The van der Waals surface area contributed by atoms with Gasteiger partial charge in [0.25, 0.3) is 0 Å². The van der Waals surface area contributed by atoms with Crippen LogP contribution in [0, 0.1) is 11.3 Å². The van der Waals surface area contributed by atoms with E-state index in [1.165, 1.54) is 0 Å². The molecule has 1 N–H and O–H groups in total. The Kier molecular flexibility index (Phi) is 4.38. The summed E-state index contributed by atoms with van der Waals surface area (Å²) in [4.78, 5) is 0. The van der Waals surface area contributed by atoms with Gasteiger partial charge in [-0.05, 0) is 12.1 Å². The highest BCUT2D eigenvalue weighted by Crippen LogP contribution is 2.36. The average Bonchev–Trinajstić information content (AvgIpc) is 2.93. The minimum Gasteiger partial charge on any atom is -0.493 e. The Morgan fingerprint density at radius 3 is 2.55 bits per heavy atom. The number of nitrogens with one attached hydrogen (secondary N) is 1. The smallest absolute Gasteiger partial charge is 0.203 e. The van der Waals surface area contributed by atoms with E-state index in [0.717, 1.165) is 0 Å². The van der Waals surface area contributed by atoms with Crippen LogP contribution in [-0.2, 0) is 6.54 Å². The van der Waals surface area contributed by atoms with Gasteiger partial charge < -0.3 is 19.2 Å². The fraction of sp³-hybridized carbons (Fsp3) is 0.214. The van der Waals surface area contributed by atoms with Gasteiger partial charge >= 0.3 is 0 Å². The number of furan rings is 1. The molecule has 0 fully saturated rings. The molecule has 0 aliphatic heterocycles. The molecule has 0 radical (unpaired) electrons. The fourth-order valence-electron chi connectivity index (χ4n) is 1.70. The molecule has 2 aromatic rings. The number of rotatable bonds is 5. The van der Waals surface area contributed by atoms with Crippen LogP contribution in [0.25, 0.3) is 0 Å². The number of methoxy groups -OCH3 is 2. The topological polar surface area (TPSA) is 67.4 Å². The summed E-state index contributed by atoms with van der Waals surface area (Å²) in [6, 6.07) is 8.71. The summed E-state index contributed by atoms with van der Waals surface area (Å²) in [6.07, 6.45) is 0. The van der Waals surface area contributed by atoms with E-state index in [0.29, 0.717) is 34.5 Å². The van der Waals surface area contributed by atoms with Crippen molar-refractivity contribution in [2.75, 3.05) is 19.5 Å². The first kappa shape index (κ1) is 14.1. The average molecular weight is 293 g/mol. The summed E-state index contributed by atoms with van der Waals surface area (Å²) in [6.45, 7) is 0.414. The molecule has 20 heavy (non-hydrogen) atoms. The van der Waals surface area contributed by atoms with Crippen LogP contribution in [0.2, 0.25) is 5.02 Å². The van der Waals surface area contributed by atoms with E-state index >= 15 is 0 Å². The number of anilines is 1. The minimum atomic E-state index is 0.278. The molecule has 0 spiro atoms. The molecule has 2 rings (SSSR count). The van der Waals surface area contributed by atoms with Crippen LogP contribution in [0.1, 0.15) is 11.5 Å². The molecule has 0 atom stereocenters. The fourth-order valence-corrected chi connectivity index (χ4v) is 1.93. The van der Waals surface area contributed by atoms with Gasteiger partial charge in [-0.3, -0.25) is 0 Å². The largest absolute Gasteiger partial charge is 0.493 e. The second-order valence-electron chi connectivity index (χ2n) is 3.92. The van der Waals surface area contributed by atoms with Crippen LogP contribution in [0.5, 0.6) is 11.5 Å². The molecule has 0 unspecified atom stereocenters. The highest BCUT2D eigenvalue weighted by Gasteiger charge is 2.10. The van der Waals surface area contributed by atoms with Crippen LogP contribution in [0.15, 0.2) is 28.7 Å². The van der Waals surface area contributed by atoms with Gasteiger partial charge in [0, 0.05) is 12.1 Å². The van der Waals surface area contributed by atoms with E-state index < -0.39 is 0 Å². The molecular weight excluding hydrogens is 280 g/mol. The summed E-state index contributed by atoms with van der Waals surface area (Å²) >= 11 is 6.15. The van der Waals surface area contributed by atoms with Gasteiger partial charge in [0.1, 0.15) is 11.8 Å². The first-order valence-corrected chi connectivity index (χ1v) is 6.20. The zero-order valence-electron chi connectivity index (χ0n) is 11.1. The second kappa shape index (κ2) is 6.22. The summed E-state index contributed by atoms with van der Waals surface area (Å²) in [5.41, 5.74) is 0.694. The van der Waals surface area contributed by atoms with Crippen LogP contribution in [0.4, 0.5) is 5.69 Å². The van der Waals surface area contributed by atoms with Gasteiger partial charge in [-0.15, -0.1) is 0 Å². The SMILES string of the molecule is COc1cc(Cl)c(NCc2ccc(C#N)o2)cc1OC. The van der Waals surface area contributed by atoms with Gasteiger partial charge in [0.2, 0.25) is 5.76 Å². The predicted octanol–water partition coefficient (Wildman–Crippen LogP) is 3.43. The van der Waals surface area contributed by atoms with Crippen molar-refractivity contribution < 1.29 is 13.9 Å². The summed E-state index contributed by atoms with van der Waals surface area (Å²) in [5, 5.41) is 12.3. The quantitative estimate of drug-likeness (QED) is 0.914. The Morgan fingerprint density at radius 2 is 1.95 bits per heavy atom. The number of hydrogen-bond acceptors (Lipinski definition) is 5. The first-order valence-electron chi connectivity index (χ1n) is 5.82. The number of nitriles is 1. The molecule has 0 aliphatic carbocycles. The maximum Gasteiger partial charge on any atom is 0.203 e. The van der Waals surface area contributed by atoms with E-state index in [1.807, 2.05) is 6.07 Å². The summed E-state index contributed by atoms with van der Waals surface area (Å²) in [5.74, 6) is 2.07. The first-order chi connectivity index (χ1) is 9.67. The lowest BCUT2D eigenvalue weighted by molar-refractivity contribution is 0.355. The Morgan fingerprint density at radius 1 is 1.25 bits per heavy atom. The van der Waals surface area contributed by atoms with Crippen LogP contribution < -0.4 is 14.8 Å². The highest BCUT2D eigenvalue weighted by molar-refractivity contribution is 6.33. The van der Waals surface area contributed by atoms with Gasteiger partial charge in [-0.2, -0.15) is 5.26 Å². The molecule has 0 aliphatic rings. The molecule has 0 bridgehead atoms. The predicted molar refractivity (Wildman–Crippen MR) is 75.3 cm³/mol. The van der Waals surface area contributed by atoms with E-state index in [2.05, 4.69) is 5.32 Å². The monoisotopic (exact) mass is 292 g/mol. The van der Waals surface area contributed by atoms with Crippen molar-refractivity contribution >= 4 is 17.3 Å². The maximum absolute atomic E-state index is 8.69. The second-order valence-corrected chi connectivity index (χ2v) is 4.33. The molecule has 0 saturated carbocycles. The third kappa shape index (κ3) is 2.98. The number of nitrogens with zero attached hydrogens (tertiary/aromatic N) is 1. The third-order valence-electron chi connectivity index (χ3n) is 2.70. The normalized spacial score (nSPS) is 9.90. The highest BCUT2D eigenvalue weighted by atomic mass is 35.5. The zero-order chi connectivity index (χ0) is 14.5. The van der Waals surface area contributed by atoms with Crippen molar-refractivity contribution in [3.8, 4) is 17.6 Å². The van der Waals surface area contributed by atoms with Crippen molar-refractivity contribution in [1.29, 1.82) is 5.26 Å². The van der Waals surface area contributed by atoms with E-state index in [4.69, 9.17) is 30.8 Å². The van der Waals surface area contributed by atoms with Gasteiger partial charge in [0.15, 0.2) is 11.5 Å². The Balaban J connectivity index is 2.15. The lowest BCUT2D eigenvalue weighted by Crippen LogP contribution is -2.00. The van der Waals surface area contributed by atoms with E-state index in [1.54, 1.807) is 38.5 Å². The van der Waals surface area contributed by atoms with Crippen molar-refractivity contribution in [3.05, 3.63) is 40.8 Å². The maximum atomic E-state index is 8.69. The summed E-state index contributed by atoms with van der Waals surface area (Å²) in [7, 11) is 3.11. The molecule has 1 heterocycles. The van der Waals surface area contributed by atoms with Crippen molar-refractivity contribution in [2.45, 2.75) is 6.54 Å². The van der Waals surface area contributed by atoms with Crippen molar-refractivity contribution in [3.63, 3.8) is 0 Å². The minimum absolute atomic E-state index is 0.278. The van der Waals surface area contributed by atoms with Crippen LogP contribution >= 0.6 is 11.6 Å². The number of ether oxygens (including phenoxy) is 2. The number of halogens is 1. The Hall–Kier alpha value is -2.32. The molecular formula is C14H13ClN2O3. The van der Waals surface area contributed by atoms with Gasteiger partial charge in [-0.1, -0.05) is 11.6 Å². The molecule has 5 nitrogen and oxygen atoms in total. The van der Waals surface area contributed by atoms with E-state index in [-0.39, 0.29) is 5.76 Å². The van der Waals surface area contributed by atoms with Crippen LogP contribution in [0.3, 0.4) is 0 Å². The lowest BCUT2D eigenvalue weighted by Gasteiger charge is -2.12. The molecule has 1 aromatic carbocycles. The molecule has 0 amide bonds. The van der Waals surface area contributed by atoms with Gasteiger partial charge in [0.05, 0.1) is 31.5 Å². The lowest BCUT2D eigenvalue weighted by atomic mass is 10.2. The van der Waals surface area contributed by atoms with Gasteiger partial charge in [-0.25, -0.2) is 0 Å². The summed E-state index contributed by atoms with van der Waals surface area (Å²) < 4.78 is 15.6. The Bertz CT molecular complexity index is 646. The van der Waals surface area contributed by atoms with Crippen LogP contribution in [-0.4, -0.2) is 14.2 Å².